The van der Waals surface area contributed by atoms with E-state index in [9.17, 15) is 4.79 Å². The van der Waals surface area contributed by atoms with E-state index in [-0.39, 0.29) is 11.9 Å². The summed E-state index contributed by atoms with van der Waals surface area (Å²) in [7, 11) is 0. The fraction of sp³-hybridized carbons (Fsp3) is 0.429. The molecule has 1 aromatic carbocycles. The van der Waals surface area contributed by atoms with Crippen molar-refractivity contribution in [1.29, 1.82) is 0 Å². The molecule has 25 heavy (non-hydrogen) atoms. The lowest BCUT2D eigenvalue weighted by Gasteiger charge is -2.30. The zero-order chi connectivity index (χ0) is 17.4. The molecule has 1 aromatic heterocycles. The van der Waals surface area contributed by atoms with Gasteiger partial charge in [0.05, 0.1) is 6.04 Å². The van der Waals surface area contributed by atoms with Crippen LogP contribution in [0.5, 0.6) is 0 Å². The number of pyridine rings is 1. The number of amides is 1. The third-order valence-corrected chi connectivity index (χ3v) is 5.81. The van der Waals surface area contributed by atoms with Crippen LogP contribution in [0, 0.1) is 18.8 Å². The minimum Gasteiger partial charge on any atom is -0.335 e. The van der Waals surface area contributed by atoms with Gasteiger partial charge in [0, 0.05) is 51.4 Å². The van der Waals surface area contributed by atoms with Gasteiger partial charge in [0.15, 0.2) is 0 Å². The van der Waals surface area contributed by atoms with Gasteiger partial charge in [-0.15, -0.1) is 0 Å². The van der Waals surface area contributed by atoms with E-state index in [0.717, 1.165) is 26.2 Å². The van der Waals surface area contributed by atoms with Gasteiger partial charge in [-0.25, -0.2) is 0 Å². The van der Waals surface area contributed by atoms with Crippen LogP contribution in [0.4, 0.5) is 0 Å². The van der Waals surface area contributed by atoms with Gasteiger partial charge >= 0.3 is 0 Å². The highest BCUT2D eigenvalue weighted by Crippen LogP contribution is 2.45. The molecule has 0 spiro atoms. The Bertz CT molecular complexity index is 761. The van der Waals surface area contributed by atoms with Crippen LogP contribution in [0.25, 0.3) is 0 Å². The molecule has 130 valence electrons. The second-order valence-corrected chi connectivity index (χ2v) is 7.45. The summed E-state index contributed by atoms with van der Waals surface area (Å²) in [5.41, 5.74) is 3.91. The first kappa shape index (κ1) is 16.3. The second-order valence-electron chi connectivity index (χ2n) is 7.45. The normalized spacial score (nSPS) is 26.0. The minimum absolute atomic E-state index is 0.198. The smallest absolute Gasteiger partial charge is 0.219 e. The SMILES string of the molecule is CC(=O)N1C[C@H]2CN(Cc3ccncc3)C[C@H]2[C@H]1c1ccccc1C. The van der Waals surface area contributed by atoms with Gasteiger partial charge in [0.2, 0.25) is 5.91 Å². The predicted octanol–water partition coefficient (Wildman–Crippen LogP) is 3.04. The number of benzene rings is 1. The molecule has 3 atom stereocenters. The van der Waals surface area contributed by atoms with Crippen molar-refractivity contribution in [2.45, 2.75) is 26.4 Å². The number of hydrogen-bond donors (Lipinski definition) is 0. The molecule has 2 fully saturated rings. The highest BCUT2D eigenvalue weighted by Gasteiger charge is 2.48. The van der Waals surface area contributed by atoms with Crippen LogP contribution in [0.1, 0.15) is 29.7 Å². The number of hydrogen-bond acceptors (Lipinski definition) is 3. The Morgan fingerprint density at radius 2 is 1.88 bits per heavy atom. The Balaban J connectivity index is 1.57. The number of fused-ring (bicyclic) bond motifs is 1. The number of rotatable bonds is 3. The summed E-state index contributed by atoms with van der Waals surface area (Å²) in [5, 5.41) is 0. The van der Waals surface area contributed by atoms with E-state index in [1.807, 2.05) is 12.4 Å². The molecule has 0 unspecified atom stereocenters. The number of aromatic nitrogens is 1. The number of aryl methyl sites for hydroxylation is 1. The molecule has 4 heteroatoms. The molecular weight excluding hydrogens is 310 g/mol. The summed E-state index contributed by atoms with van der Waals surface area (Å²) >= 11 is 0. The lowest BCUT2D eigenvalue weighted by molar-refractivity contribution is -0.130. The first-order valence-electron chi connectivity index (χ1n) is 9.07. The summed E-state index contributed by atoms with van der Waals surface area (Å²) in [4.78, 5) is 21.0. The van der Waals surface area contributed by atoms with Gasteiger partial charge in [-0.2, -0.15) is 0 Å². The predicted molar refractivity (Wildman–Crippen MR) is 97.8 cm³/mol. The molecule has 3 heterocycles. The lowest BCUT2D eigenvalue weighted by atomic mass is 9.87. The van der Waals surface area contributed by atoms with Crippen LogP contribution in [0.2, 0.25) is 0 Å². The lowest BCUT2D eigenvalue weighted by Crippen LogP contribution is -2.34. The van der Waals surface area contributed by atoms with Crippen LogP contribution in [0.15, 0.2) is 48.8 Å². The molecule has 0 N–H and O–H groups in total. The minimum atomic E-state index is 0.198. The third kappa shape index (κ3) is 3.07. The van der Waals surface area contributed by atoms with Gasteiger partial charge in [-0.3, -0.25) is 14.7 Å². The Labute approximate surface area is 149 Å². The summed E-state index contributed by atoms with van der Waals surface area (Å²) in [6.45, 7) is 7.84. The van der Waals surface area contributed by atoms with Crippen molar-refractivity contribution in [3.63, 3.8) is 0 Å². The van der Waals surface area contributed by atoms with E-state index in [2.05, 4.69) is 58.1 Å². The van der Waals surface area contributed by atoms with Crippen LogP contribution in [-0.2, 0) is 11.3 Å². The van der Waals surface area contributed by atoms with Crippen molar-refractivity contribution in [2.24, 2.45) is 11.8 Å². The second kappa shape index (κ2) is 6.60. The molecule has 4 rings (SSSR count). The van der Waals surface area contributed by atoms with Crippen molar-refractivity contribution in [2.75, 3.05) is 19.6 Å². The molecule has 1 amide bonds. The zero-order valence-electron chi connectivity index (χ0n) is 14.9. The first-order valence-corrected chi connectivity index (χ1v) is 9.07. The molecular formula is C21H25N3O. The number of carbonyl (C=O) groups is 1. The van der Waals surface area contributed by atoms with Crippen molar-refractivity contribution in [3.05, 3.63) is 65.5 Å². The van der Waals surface area contributed by atoms with E-state index >= 15 is 0 Å². The molecule has 2 aromatic rings. The number of likely N-dealkylation sites (tertiary alicyclic amines) is 2. The summed E-state index contributed by atoms with van der Waals surface area (Å²) in [6, 6.07) is 12.9. The van der Waals surface area contributed by atoms with E-state index < -0.39 is 0 Å². The molecule has 2 aliphatic heterocycles. The summed E-state index contributed by atoms with van der Waals surface area (Å²) < 4.78 is 0. The van der Waals surface area contributed by atoms with Crippen LogP contribution in [-0.4, -0.2) is 40.3 Å². The monoisotopic (exact) mass is 335 g/mol. The maximum absolute atomic E-state index is 12.3. The number of carbonyl (C=O) groups excluding carboxylic acids is 1. The zero-order valence-corrected chi connectivity index (χ0v) is 14.9. The van der Waals surface area contributed by atoms with Crippen LogP contribution in [0.3, 0.4) is 0 Å². The van der Waals surface area contributed by atoms with Gasteiger partial charge < -0.3 is 4.90 Å². The fourth-order valence-electron chi connectivity index (χ4n) is 4.65. The standard InChI is InChI=1S/C21H25N3O/c1-15-5-3-4-6-19(15)21-20-14-23(11-17-7-9-22-10-8-17)12-18(20)13-24(21)16(2)25/h3-10,18,20-21H,11-14H2,1-2H3/t18-,20-,21-/m1/s1. The van der Waals surface area contributed by atoms with Gasteiger partial charge in [0.25, 0.3) is 0 Å². The van der Waals surface area contributed by atoms with Crippen LogP contribution < -0.4 is 0 Å². The summed E-state index contributed by atoms with van der Waals surface area (Å²) in [6.07, 6.45) is 3.72. The quantitative estimate of drug-likeness (QED) is 0.865. The molecule has 2 aliphatic rings. The van der Waals surface area contributed by atoms with E-state index in [1.165, 1.54) is 16.7 Å². The average molecular weight is 335 g/mol. The maximum atomic E-state index is 12.3. The summed E-state index contributed by atoms with van der Waals surface area (Å²) in [5.74, 6) is 1.28. The first-order chi connectivity index (χ1) is 12.1. The Morgan fingerprint density at radius 3 is 2.60 bits per heavy atom. The topological polar surface area (TPSA) is 36.4 Å². The molecule has 4 nitrogen and oxygen atoms in total. The molecule has 0 radical (unpaired) electrons. The van der Waals surface area contributed by atoms with Gasteiger partial charge in [-0.05, 0) is 41.7 Å². The molecule has 0 saturated carbocycles. The van der Waals surface area contributed by atoms with E-state index in [0.29, 0.717) is 11.8 Å². The molecule has 2 saturated heterocycles. The Kier molecular flexibility index (Phi) is 4.30. The van der Waals surface area contributed by atoms with Crippen molar-refractivity contribution < 1.29 is 4.79 Å². The third-order valence-electron chi connectivity index (χ3n) is 5.81. The van der Waals surface area contributed by atoms with Gasteiger partial charge in [0.1, 0.15) is 0 Å². The van der Waals surface area contributed by atoms with Gasteiger partial charge in [-0.1, -0.05) is 24.3 Å². The van der Waals surface area contributed by atoms with E-state index in [4.69, 9.17) is 0 Å². The molecule has 0 aliphatic carbocycles. The van der Waals surface area contributed by atoms with Crippen LogP contribution >= 0.6 is 0 Å². The highest BCUT2D eigenvalue weighted by atomic mass is 16.2. The van der Waals surface area contributed by atoms with Crippen molar-refractivity contribution in [1.82, 2.24) is 14.8 Å². The largest absolute Gasteiger partial charge is 0.335 e. The Morgan fingerprint density at radius 1 is 1.12 bits per heavy atom. The van der Waals surface area contributed by atoms with Crippen molar-refractivity contribution >= 4 is 5.91 Å². The van der Waals surface area contributed by atoms with Crippen molar-refractivity contribution in [3.8, 4) is 0 Å². The highest BCUT2D eigenvalue weighted by molar-refractivity contribution is 5.74. The number of nitrogens with zero attached hydrogens (tertiary/aromatic N) is 3. The fourth-order valence-corrected chi connectivity index (χ4v) is 4.65. The maximum Gasteiger partial charge on any atom is 0.219 e. The van der Waals surface area contributed by atoms with E-state index in [1.54, 1.807) is 6.92 Å². The molecule has 0 bridgehead atoms. The Hall–Kier alpha value is -2.20. The average Bonchev–Trinajstić information content (AvgIpc) is 3.14.